The summed E-state index contributed by atoms with van der Waals surface area (Å²) in [5.41, 5.74) is 5.14. The molecule has 0 spiro atoms. The third-order valence-electron chi connectivity index (χ3n) is 4.84. The molecule has 5 heteroatoms. The van der Waals surface area contributed by atoms with Crippen LogP contribution in [0.25, 0.3) is 11.1 Å². The molecule has 1 atom stereocenters. The largest absolute Gasteiger partial charge is 0.376 e. The average molecular weight is 357 g/mol. The van der Waals surface area contributed by atoms with E-state index in [1.165, 1.54) is 0 Å². The maximum atomic E-state index is 11.6. The normalized spacial score (nSPS) is 20.4. The smallest absolute Gasteiger partial charge is 0.228 e. The molecule has 1 amide bonds. The van der Waals surface area contributed by atoms with Crippen molar-refractivity contribution in [3.05, 3.63) is 52.5 Å². The summed E-state index contributed by atoms with van der Waals surface area (Å²) in [6, 6.07) is 12.2. The molecule has 0 bridgehead atoms. The molecule has 0 aliphatic carbocycles. The number of hydrogen-bond donors (Lipinski definition) is 1. The molecule has 4 nitrogen and oxygen atoms in total. The lowest BCUT2D eigenvalue weighted by Gasteiger charge is -2.31. The second-order valence-corrected chi connectivity index (χ2v) is 7.17. The van der Waals surface area contributed by atoms with E-state index >= 15 is 0 Å². The molecule has 2 aromatic carbocycles. The maximum Gasteiger partial charge on any atom is 0.228 e. The third-order valence-corrected chi connectivity index (χ3v) is 5.29. The molecule has 0 saturated carbocycles. The van der Waals surface area contributed by atoms with Crippen molar-refractivity contribution in [3.8, 4) is 11.1 Å². The van der Waals surface area contributed by atoms with Crippen LogP contribution in [0.4, 0.5) is 5.69 Å². The number of nitrogens with one attached hydrogen (secondary N) is 1. The van der Waals surface area contributed by atoms with E-state index in [0.717, 1.165) is 59.2 Å². The van der Waals surface area contributed by atoms with Crippen LogP contribution in [0.15, 0.2) is 36.4 Å². The van der Waals surface area contributed by atoms with Gasteiger partial charge in [0.1, 0.15) is 0 Å². The van der Waals surface area contributed by atoms with Crippen molar-refractivity contribution in [1.29, 1.82) is 0 Å². The highest BCUT2D eigenvalue weighted by Crippen LogP contribution is 2.35. The fraction of sp³-hybridized carbons (Fsp3) is 0.350. The van der Waals surface area contributed by atoms with Crippen LogP contribution in [0, 0.1) is 0 Å². The number of ether oxygens (including phenoxy) is 1. The lowest BCUT2D eigenvalue weighted by atomic mass is 9.99. The quantitative estimate of drug-likeness (QED) is 0.911. The Hall–Kier alpha value is -1.88. The summed E-state index contributed by atoms with van der Waals surface area (Å²) in [6.45, 7) is 5.55. The number of morpholine rings is 1. The van der Waals surface area contributed by atoms with Crippen molar-refractivity contribution in [2.24, 2.45) is 0 Å². The van der Waals surface area contributed by atoms with E-state index in [9.17, 15) is 4.79 Å². The number of halogens is 1. The van der Waals surface area contributed by atoms with Gasteiger partial charge in [-0.25, -0.2) is 0 Å². The molecule has 0 aromatic heterocycles. The summed E-state index contributed by atoms with van der Waals surface area (Å²) >= 11 is 6.74. The van der Waals surface area contributed by atoms with Crippen LogP contribution in [0.5, 0.6) is 0 Å². The Balaban J connectivity index is 1.61. The minimum atomic E-state index is 0.0495. The molecule has 1 unspecified atom stereocenters. The Morgan fingerprint density at radius 3 is 3.04 bits per heavy atom. The second kappa shape index (κ2) is 6.79. The molecular weight excluding hydrogens is 336 g/mol. The molecule has 4 rings (SSSR count). The van der Waals surface area contributed by atoms with E-state index in [4.69, 9.17) is 16.3 Å². The maximum absolute atomic E-state index is 11.6. The Morgan fingerprint density at radius 1 is 1.32 bits per heavy atom. The van der Waals surface area contributed by atoms with Crippen LogP contribution in [-0.2, 0) is 22.5 Å². The van der Waals surface area contributed by atoms with Gasteiger partial charge in [0.15, 0.2) is 0 Å². The number of nitrogens with zero attached hydrogens (tertiary/aromatic N) is 1. The molecule has 0 radical (unpaired) electrons. The fourth-order valence-electron chi connectivity index (χ4n) is 3.60. The summed E-state index contributed by atoms with van der Waals surface area (Å²) in [6.07, 6.45) is 0.698. The predicted molar refractivity (Wildman–Crippen MR) is 99.9 cm³/mol. The van der Waals surface area contributed by atoms with Gasteiger partial charge in [0.25, 0.3) is 0 Å². The Bertz CT molecular complexity index is 821. The number of hydrogen-bond acceptors (Lipinski definition) is 3. The molecule has 25 heavy (non-hydrogen) atoms. The molecule has 130 valence electrons. The SMILES string of the molecule is CC1CN(Cc2cccc(-c3ccc4c(c3)CC(=O)N4)c2Cl)CCO1. The minimum Gasteiger partial charge on any atom is -0.376 e. The highest BCUT2D eigenvalue weighted by Gasteiger charge is 2.20. The van der Waals surface area contributed by atoms with Gasteiger partial charge in [0.05, 0.1) is 24.2 Å². The summed E-state index contributed by atoms with van der Waals surface area (Å²) in [7, 11) is 0. The zero-order valence-corrected chi connectivity index (χ0v) is 15.0. The van der Waals surface area contributed by atoms with Gasteiger partial charge in [-0.1, -0.05) is 35.9 Å². The van der Waals surface area contributed by atoms with Crippen molar-refractivity contribution in [1.82, 2.24) is 4.90 Å². The zero-order valence-electron chi connectivity index (χ0n) is 14.2. The molecule has 2 heterocycles. The average Bonchev–Trinajstić information content (AvgIpc) is 2.96. The van der Waals surface area contributed by atoms with Gasteiger partial charge in [-0.3, -0.25) is 9.69 Å². The monoisotopic (exact) mass is 356 g/mol. The Labute approximate surface area is 152 Å². The van der Waals surface area contributed by atoms with Gasteiger partial charge < -0.3 is 10.1 Å². The summed E-state index contributed by atoms with van der Waals surface area (Å²) in [5, 5.41) is 3.66. The van der Waals surface area contributed by atoms with Crippen LogP contribution in [0.3, 0.4) is 0 Å². The third kappa shape index (κ3) is 3.43. The molecular formula is C20H21ClN2O2. The van der Waals surface area contributed by atoms with Crippen molar-refractivity contribution < 1.29 is 9.53 Å². The van der Waals surface area contributed by atoms with E-state index in [1.54, 1.807) is 0 Å². The van der Waals surface area contributed by atoms with E-state index < -0.39 is 0 Å². The lowest BCUT2D eigenvalue weighted by Crippen LogP contribution is -2.40. The Morgan fingerprint density at radius 2 is 2.20 bits per heavy atom. The van der Waals surface area contributed by atoms with Crippen LogP contribution in [0.2, 0.25) is 5.02 Å². The standard InChI is InChI=1S/C20H21ClN2O2/c1-13-11-23(7-8-25-13)12-15-3-2-4-17(20(15)21)14-5-6-18-16(9-14)10-19(24)22-18/h2-6,9,13H,7-8,10-12H2,1H3,(H,22,24). The van der Waals surface area contributed by atoms with Crippen LogP contribution in [-0.4, -0.2) is 36.6 Å². The summed E-state index contributed by atoms with van der Waals surface area (Å²) < 4.78 is 5.61. The van der Waals surface area contributed by atoms with Crippen molar-refractivity contribution in [2.75, 3.05) is 25.0 Å². The summed E-state index contributed by atoms with van der Waals surface area (Å²) in [5.74, 6) is 0.0495. The highest BCUT2D eigenvalue weighted by molar-refractivity contribution is 6.34. The molecule has 1 fully saturated rings. The van der Waals surface area contributed by atoms with Gasteiger partial charge in [0, 0.05) is 30.9 Å². The zero-order chi connectivity index (χ0) is 17.4. The van der Waals surface area contributed by atoms with Crippen molar-refractivity contribution >= 4 is 23.2 Å². The van der Waals surface area contributed by atoms with Crippen LogP contribution < -0.4 is 5.32 Å². The first kappa shape index (κ1) is 16.6. The molecule has 1 N–H and O–H groups in total. The van der Waals surface area contributed by atoms with E-state index in [1.807, 2.05) is 18.2 Å². The number of anilines is 1. The van der Waals surface area contributed by atoms with Crippen LogP contribution in [0.1, 0.15) is 18.1 Å². The van der Waals surface area contributed by atoms with Crippen molar-refractivity contribution in [3.63, 3.8) is 0 Å². The topological polar surface area (TPSA) is 41.6 Å². The van der Waals surface area contributed by atoms with Gasteiger partial charge in [0.2, 0.25) is 5.91 Å². The minimum absolute atomic E-state index is 0.0495. The molecule has 2 aliphatic rings. The van der Waals surface area contributed by atoms with Crippen molar-refractivity contribution in [2.45, 2.75) is 26.0 Å². The van der Waals surface area contributed by atoms with E-state index in [0.29, 0.717) is 6.42 Å². The lowest BCUT2D eigenvalue weighted by molar-refractivity contribution is -0.115. The van der Waals surface area contributed by atoms with Gasteiger partial charge in [-0.05, 0) is 35.7 Å². The van der Waals surface area contributed by atoms with E-state index in [2.05, 4.69) is 35.3 Å². The second-order valence-electron chi connectivity index (χ2n) is 6.79. The number of carbonyl (C=O) groups is 1. The number of rotatable bonds is 3. The number of benzene rings is 2. The summed E-state index contributed by atoms with van der Waals surface area (Å²) in [4.78, 5) is 13.9. The van der Waals surface area contributed by atoms with Gasteiger partial charge >= 0.3 is 0 Å². The number of carbonyl (C=O) groups excluding carboxylic acids is 1. The first-order valence-corrected chi connectivity index (χ1v) is 9.02. The fourth-order valence-corrected chi connectivity index (χ4v) is 3.89. The Kier molecular flexibility index (Phi) is 4.50. The van der Waals surface area contributed by atoms with E-state index in [-0.39, 0.29) is 12.0 Å². The van der Waals surface area contributed by atoms with Gasteiger partial charge in [-0.2, -0.15) is 0 Å². The van der Waals surface area contributed by atoms with Gasteiger partial charge in [-0.15, -0.1) is 0 Å². The first-order valence-electron chi connectivity index (χ1n) is 8.64. The van der Waals surface area contributed by atoms with Crippen LogP contribution >= 0.6 is 11.6 Å². The predicted octanol–water partition coefficient (Wildman–Crippen LogP) is 3.72. The molecule has 2 aromatic rings. The first-order chi connectivity index (χ1) is 12.1. The molecule has 1 saturated heterocycles. The molecule has 2 aliphatic heterocycles. The highest BCUT2D eigenvalue weighted by atomic mass is 35.5. The number of amides is 1. The number of fused-ring (bicyclic) bond motifs is 1.